The molecule has 0 spiro atoms. The van der Waals surface area contributed by atoms with E-state index in [-0.39, 0.29) is 11.9 Å². The second-order valence-electron chi connectivity index (χ2n) is 5.76. The van der Waals surface area contributed by atoms with Crippen molar-refractivity contribution in [3.05, 3.63) is 71.3 Å². The molecule has 2 aromatic rings. The van der Waals surface area contributed by atoms with Gasteiger partial charge in [-0.1, -0.05) is 42.5 Å². The van der Waals surface area contributed by atoms with Crippen LogP contribution in [-0.2, 0) is 6.54 Å². The minimum atomic E-state index is -0.0452. The third-order valence-electron chi connectivity index (χ3n) is 3.89. The first-order valence-corrected chi connectivity index (χ1v) is 8.53. The molecule has 2 aromatic carbocycles. The Bertz CT molecular complexity index is 695. The van der Waals surface area contributed by atoms with Gasteiger partial charge >= 0.3 is 0 Å². The molecule has 0 fully saturated rings. The van der Waals surface area contributed by atoms with Crippen LogP contribution in [0.4, 0.5) is 0 Å². The van der Waals surface area contributed by atoms with Gasteiger partial charge in [0.1, 0.15) is 0 Å². The molecular formula is C20H26N4O. The van der Waals surface area contributed by atoms with Crippen LogP contribution >= 0.6 is 0 Å². The number of rotatable bonds is 6. The van der Waals surface area contributed by atoms with Crippen LogP contribution in [-0.4, -0.2) is 25.5 Å². The first-order chi connectivity index (χ1) is 12.1. The predicted molar refractivity (Wildman–Crippen MR) is 103 cm³/mol. The van der Waals surface area contributed by atoms with Crippen molar-refractivity contribution in [2.45, 2.75) is 26.4 Å². The molecule has 1 atom stereocenters. The first-order valence-electron chi connectivity index (χ1n) is 8.53. The van der Waals surface area contributed by atoms with Gasteiger partial charge in [0.15, 0.2) is 5.96 Å². The van der Waals surface area contributed by atoms with Gasteiger partial charge in [-0.2, -0.15) is 0 Å². The third kappa shape index (κ3) is 5.64. The lowest BCUT2D eigenvalue weighted by atomic mass is 10.1. The van der Waals surface area contributed by atoms with Gasteiger partial charge in [-0.05, 0) is 37.1 Å². The molecule has 1 unspecified atom stereocenters. The number of hydrogen-bond donors (Lipinski definition) is 3. The molecule has 0 aliphatic carbocycles. The summed E-state index contributed by atoms with van der Waals surface area (Å²) in [4.78, 5) is 16.0. The summed E-state index contributed by atoms with van der Waals surface area (Å²) in [7, 11) is 1.76. The number of carbonyl (C=O) groups excluding carboxylic acids is 1. The van der Waals surface area contributed by atoms with E-state index in [0.29, 0.717) is 18.7 Å². The van der Waals surface area contributed by atoms with E-state index < -0.39 is 0 Å². The quantitative estimate of drug-likeness (QED) is 0.560. The van der Waals surface area contributed by atoms with Crippen LogP contribution in [0.2, 0.25) is 0 Å². The molecule has 0 heterocycles. The average molecular weight is 338 g/mol. The number of hydrogen-bond acceptors (Lipinski definition) is 2. The van der Waals surface area contributed by atoms with E-state index in [0.717, 1.165) is 11.5 Å². The van der Waals surface area contributed by atoms with Crippen LogP contribution in [0.5, 0.6) is 0 Å². The van der Waals surface area contributed by atoms with Gasteiger partial charge in [0.25, 0.3) is 5.91 Å². The van der Waals surface area contributed by atoms with Crippen molar-refractivity contribution in [3.63, 3.8) is 0 Å². The summed E-state index contributed by atoms with van der Waals surface area (Å²) >= 11 is 0. The van der Waals surface area contributed by atoms with Gasteiger partial charge in [0.2, 0.25) is 0 Å². The van der Waals surface area contributed by atoms with Gasteiger partial charge in [-0.3, -0.25) is 9.79 Å². The number of nitrogens with zero attached hydrogens (tertiary/aromatic N) is 1. The van der Waals surface area contributed by atoms with Crippen molar-refractivity contribution in [3.8, 4) is 0 Å². The van der Waals surface area contributed by atoms with Crippen LogP contribution in [0.15, 0.2) is 59.6 Å². The fourth-order valence-corrected chi connectivity index (χ4v) is 2.45. The van der Waals surface area contributed by atoms with Crippen LogP contribution in [0.1, 0.15) is 41.4 Å². The molecule has 132 valence electrons. The van der Waals surface area contributed by atoms with E-state index in [1.54, 1.807) is 7.05 Å². The second kappa shape index (κ2) is 9.47. The summed E-state index contributed by atoms with van der Waals surface area (Å²) in [6, 6.07) is 18.0. The van der Waals surface area contributed by atoms with Gasteiger partial charge in [0.05, 0.1) is 6.04 Å². The highest BCUT2D eigenvalue weighted by atomic mass is 16.1. The van der Waals surface area contributed by atoms with E-state index in [4.69, 9.17) is 0 Å². The van der Waals surface area contributed by atoms with Gasteiger partial charge < -0.3 is 16.0 Å². The SMILES string of the molecule is CCNC(=O)c1ccc(CNC(=NC)NC(C)c2ccccc2)cc1. The zero-order chi connectivity index (χ0) is 18.1. The minimum Gasteiger partial charge on any atom is -0.352 e. The minimum absolute atomic E-state index is 0.0452. The molecule has 5 heteroatoms. The molecule has 0 radical (unpaired) electrons. The Hall–Kier alpha value is -2.82. The summed E-state index contributed by atoms with van der Waals surface area (Å²) < 4.78 is 0. The van der Waals surface area contributed by atoms with Crippen LogP contribution in [0, 0.1) is 0 Å². The fourth-order valence-electron chi connectivity index (χ4n) is 2.45. The molecule has 0 aliphatic heterocycles. The zero-order valence-corrected chi connectivity index (χ0v) is 15.0. The van der Waals surface area contributed by atoms with Gasteiger partial charge in [-0.25, -0.2) is 0 Å². The van der Waals surface area contributed by atoms with Crippen LogP contribution in [0.25, 0.3) is 0 Å². The number of aliphatic imine (C=N–C) groups is 1. The topological polar surface area (TPSA) is 65.5 Å². The van der Waals surface area contributed by atoms with Crippen molar-refractivity contribution >= 4 is 11.9 Å². The second-order valence-corrected chi connectivity index (χ2v) is 5.76. The van der Waals surface area contributed by atoms with E-state index in [2.05, 4.69) is 40.0 Å². The molecule has 25 heavy (non-hydrogen) atoms. The number of carbonyl (C=O) groups is 1. The fraction of sp³-hybridized carbons (Fsp3) is 0.300. The van der Waals surface area contributed by atoms with E-state index >= 15 is 0 Å². The Morgan fingerprint density at radius 1 is 1.04 bits per heavy atom. The number of benzene rings is 2. The Kier molecular flexibility index (Phi) is 7.01. The lowest BCUT2D eigenvalue weighted by molar-refractivity contribution is 0.0956. The standard InChI is InChI=1S/C20H26N4O/c1-4-22-19(25)18-12-10-16(11-13-18)14-23-20(21-3)24-15(2)17-8-6-5-7-9-17/h5-13,15H,4,14H2,1-3H3,(H,22,25)(H2,21,23,24). The Morgan fingerprint density at radius 3 is 2.32 bits per heavy atom. The van der Waals surface area contributed by atoms with Crippen LogP contribution in [0.3, 0.4) is 0 Å². The monoisotopic (exact) mass is 338 g/mol. The summed E-state index contributed by atoms with van der Waals surface area (Å²) in [5.74, 6) is 0.695. The first kappa shape index (κ1) is 18.5. The summed E-state index contributed by atoms with van der Waals surface area (Å²) in [6.45, 7) is 5.27. The normalized spacial score (nSPS) is 12.4. The number of nitrogens with one attached hydrogen (secondary N) is 3. The summed E-state index contributed by atoms with van der Waals surface area (Å²) in [5, 5.41) is 9.47. The smallest absolute Gasteiger partial charge is 0.251 e. The van der Waals surface area contributed by atoms with E-state index in [1.807, 2.05) is 49.4 Å². The van der Waals surface area contributed by atoms with Crippen molar-refractivity contribution in [2.75, 3.05) is 13.6 Å². The Morgan fingerprint density at radius 2 is 1.72 bits per heavy atom. The molecule has 2 rings (SSSR count). The van der Waals surface area contributed by atoms with Gasteiger partial charge in [-0.15, -0.1) is 0 Å². The number of amides is 1. The van der Waals surface area contributed by atoms with Crippen molar-refractivity contribution in [1.82, 2.24) is 16.0 Å². The van der Waals surface area contributed by atoms with E-state index in [9.17, 15) is 4.79 Å². The molecule has 0 aliphatic rings. The Balaban J connectivity index is 1.89. The molecule has 0 aromatic heterocycles. The maximum absolute atomic E-state index is 11.8. The zero-order valence-electron chi connectivity index (χ0n) is 15.0. The maximum atomic E-state index is 11.8. The lowest BCUT2D eigenvalue weighted by Gasteiger charge is -2.18. The summed E-state index contributed by atoms with van der Waals surface area (Å²) in [5.41, 5.74) is 2.96. The van der Waals surface area contributed by atoms with E-state index in [1.165, 1.54) is 5.56 Å². The average Bonchev–Trinajstić information content (AvgIpc) is 2.66. The highest BCUT2D eigenvalue weighted by Crippen LogP contribution is 2.11. The molecule has 0 saturated heterocycles. The maximum Gasteiger partial charge on any atom is 0.251 e. The molecule has 5 nitrogen and oxygen atoms in total. The molecule has 3 N–H and O–H groups in total. The molecule has 1 amide bonds. The molecular weight excluding hydrogens is 312 g/mol. The van der Waals surface area contributed by atoms with Crippen LogP contribution < -0.4 is 16.0 Å². The summed E-state index contributed by atoms with van der Waals surface area (Å²) in [6.07, 6.45) is 0. The third-order valence-corrected chi connectivity index (χ3v) is 3.89. The van der Waals surface area contributed by atoms with Gasteiger partial charge in [0, 0.05) is 25.7 Å². The largest absolute Gasteiger partial charge is 0.352 e. The Labute approximate surface area is 149 Å². The molecule has 0 bridgehead atoms. The molecule has 0 saturated carbocycles. The predicted octanol–water partition coefficient (Wildman–Crippen LogP) is 2.86. The van der Waals surface area contributed by atoms with Crippen molar-refractivity contribution in [1.29, 1.82) is 0 Å². The highest BCUT2D eigenvalue weighted by molar-refractivity contribution is 5.94. The lowest BCUT2D eigenvalue weighted by Crippen LogP contribution is -2.38. The highest BCUT2D eigenvalue weighted by Gasteiger charge is 2.07. The number of guanidine groups is 1. The van der Waals surface area contributed by atoms with Crippen molar-refractivity contribution in [2.24, 2.45) is 4.99 Å². The van der Waals surface area contributed by atoms with Crippen molar-refractivity contribution < 1.29 is 4.79 Å².